The maximum absolute atomic E-state index is 10.8. The first-order valence-electron chi connectivity index (χ1n) is 8.47. The van der Waals surface area contributed by atoms with E-state index in [0.29, 0.717) is 0 Å². The molecule has 1 N–H and O–H groups in total. The molecule has 2 aliphatic rings. The van der Waals surface area contributed by atoms with E-state index in [1.807, 2.05) is 12.1 Å². The largest absolute Gasteiger partial charge is 0.391 e. The SMILES string of the molecule is [N-]=[N+]=NC1CC[C@@H](N2c3ccccc3CCc3ccccc32)[C@@H]1O. The monoisotopic (exact) mass is 320 g/mol. The van der Waals surface area contributed by atoms with Gasteiger partial charge < -0.3 is 10.0 Å². The van der Waals surface area contributed by atoms with E-state index in [-0.39, 0.29) is 12.1 Å². The molecule has 4 rings (SSSR count). The molecular formula is C19H20N4O. The summed E-state index contributed by atoms with van der Waals surface area (Å²) in [6.45, 7) is 0. The van der Waals surface area contributed by atoms with Crippen molar-refractivity contribution in [3.63, 3.8) is 0 Å². The van der Waals surface area contributed by atoms with Gasteiger partial charge in [0.25, 0.3) is 0 Å². The first-order valence-corrected chi connectivity index (χ1v) is 8.47. The highest BCUT2D eigenvalue weighted by Crippen LogP contribution is 2.41. The summed E-state index contributed by atoms with van der Waals surface area (Å²) in [6, 6.07) is 16.4. The average molecular weight is 320 g/mol. The Morgan fingerprint density at radius 3 is 2.12 bits per heavy atom. The molecular weight excluding hydrogens is 300 g/mol. The molecule has 0 saturated heterocycles. The number of hydrogen-bond donors (Lipinski definition) is 1. The minimum atomic E-state index is -0.653. The van der Waals surface area contributed by atoms with Crippen molar-refractivity contribution in [3.05, 3.63) is 70.1 Å². The Kier molecular flexibility index (Phi) is 3.89. The van der Waals surface area contributed by atoms with Crippen LogP contribution in [0, 0.1) is 0 Å². The van der Waals surface area contributed by atoms with Gasteiger partial charge in [-0.25, -0.2) is 0 Å². The Morgan fingerprint density at radius 2 is 1.54 bits per heavy atom. The molecule has 122 valence electrons. The Bertz CT molecular complexity index is 752. The number of aryl methyl sites for hydroxylation is 2. The molecule has 3 atom stereocenters. The molecule has 1 fully saturated rings. The van der Waals surface area contributed by atoms with E-state index < -0.39 is 6.10 Å². The molecule has 0 bridgehead atoms. The van der Waals surface area contributed by atoms with Gasteiger partial charge in [-0.3, -0.25) is 0 Å². The van der Waals surface area contributed by atoms with Crippen molar-refractivity contribution in [1.82, 2.24) is 0 Å². The Hall–Kier alpha value is -2.49. The summed E-state index contributed by atoms with van der Waals surface area (Å²) in [4.78, 5) is 5.17. The zero-order valence-electron chi connectivity index (χ0n) is 13.4. The van der Waals surface area contributed by atoms with Crippen LogP contribution in [0.5, 0.6) is 0 Å². The quantitative estimate of drug-likeness (QED) is 0.513. The first kappa shape index (κ1) is 15.1. The van der Waals surface area contributed by atoms with Gasteiger partial charge >= 0.3 is 0 Å². The van der Waals surface area contributed by atoms with Gasteiger partial charge in [-0.1, -0.05) is 41.5 Å². The van der Waals surface area contributed by atoms with Crippen molar-refractivity contribution >= 4 is 11.4 Å². The normalized spacial score (nSPS) is 25.4. The van der Waals surface area contributed by atoms with Crippen LogP contribution in [-0.2, 0) is 12.8 Å². The number of benzene rings is 2. The summed E-state index contributed by atoms with van der Waals surface area (Å²) < 4.78 is 0. The zero-order chi connectivity index (χ0) is 16.5. The summed E-state index contributed by atoms with van der Waals surface area (Å²) in [7, 11) is 0. The topological polar surface area (TPSA) is 72.2 Å². The highest BCUT2D eigenvalue weighted by molar-refractivity contribution is 5.72. The second-order valence-electron chi connectivity index (χ2n) is 6.53. The summed E-state index contributed by atoms with van der Waals surface area (Å²) >= 11 is 0. The number of nitrogens with zero attached hydrogens (tertiary/aromatic N) is 4. The number of para-hydroxylation sites is 2. The smallest absolute Gasteiger partial charge is 0.0832 e. The van der Waals surface area contributed by atoms with Gasteiger partial charge in [0.1, 0.15) is 0 Å². The van der Waals surface area contributed by atoms with Crippen molar-refractivity contribution in [2.45, 2.75) is 43.9 Å². The highest BCUT2D eigenvalue weighted by atomic mass is 16.3. The third kappa shape index (κ3) is 2.42. The van der Waals surface area contributed by atoms with E-state index in [2.05, 4.69) is 51.3 Å². The molecule has 0 amide bonds. The van der Waals surface area contributed by atoms with E-state index in [9.17, 15) is 5.11 Å². The van der Waals surface area contributed by atoms with Crippen LogP contribution in [0.3, 0.4) is 0 Å². The number of hydrogen-bond acceptors (Lipinski definition) is 3. The maximum atomic E-state index is 10.8. The molecule has 2 aromatic rings. The minimum absolute atomic E-state index is 0.0686. The standard InChI is InChI=1S/C19H20N4O/c20-22-21-15-11-12-18(19(15)24)23-16-7-3-1-5-13(16)9-10-14-6-2-4-8-17(14)23/h1-8,15,18-19,24H,9-12H2/t15?,18-,19-/m1/s1. The molecule has 1 heterocycles. The second kappa shape index (κ2) is 6.19. The van der Waals surface area contributed by atoms with E-state index in [1.54, 1.807) is 0 Å². The summed E-state index contributed by atoms with van der Waals surface area (Å²) in [5.41, 5.74) is 13.7. The van der Waals surface area contributed by atoms with Crippen LogP contribution in [-0.4, -0.2) is 23.3 Å². The van der Waals surface area contributed by atoms with Gasteiger partial charge in [0.2, 0.25) is 0 Å². The van der Waals surface area contributed by atoms with E-state index in [4.69, 9.17) is 5.53 Å². The Morgan fingerprint density at radius 1 is 0.958 bits per heavy atom. The molecule has 5 heteroatoms. The van der Waals surface area contributed by atoms with Crippen molar-refractivity contribution in [1.29, 1.82) is 0 Å². The molecule has 1 unspecified atom stereocenters. The Balaban J connectivity index is 1.83. The van der Waals surface area contributed by atoms with Crippen molar-refractivity contribution in [2.24, 2.45) is 5.11 Å². The molecule has 24 heavy (non-hydrogen) atoms. The van der Waals surface area contributed by atoms with Crippen molar-refractivity contribution < 1.29 is 5.11 Å². The van der Waals surface area contributed by atoms with Crippen molar-refractivity contribution in [2.75, 3.05) is 4.90 Å². The Labute approximate surface area is 141 Å². The predicted molar refractivity (Wildman–Crippen MR) is 94.4 cm³/mol. The summed E-state index contributed by atoms with van der Waals surface area (Å²) in [5.74, 6) is 0. The third-order valence-electron chi connectivity index (χ3n) is 5.24. The van der Waals surface area contributed by atoms with Crippen LogP contribution in [0.2, 0.25) is 0 Å². The lowest BCUT2D eigenvalue weighted by Gasteiger charge is -2.35. The highest BCUT2D eigenvalue weighted by Gasteiger charge is 2.40. The first-order chi connectivity index (χ1) is 11.8. The lowest BCUT2D eigenvalue weighted by atomic mass is 10.0. The summed E-state index contributed by atoms with van der Waals surface area (Å²) in [5, 5.41) is 14.6. The van der Waals surface area contributed by atoms with Crippen LogP contribution < -0.4 is 4.90 Å². The molecule has 0 spiro atoms. The van der Waals surface area contributed by atoms with Crippen LogP contribution in [0.1, 0.15) is 24.0 Å². The minimum Gasteiger partial charge on any atom is -0.391 e. The zero-order valence-corrected chi connectivity index (χ0v) is 13.4. The van der Waals surface area contributed by atoms with E-state index in [1.165, 1.54) is 11.1 Å². The second-order valence-corrected chi connectivity index (χ2v) is 6.53. The van der Waals surface area contributed by atoms with Crippen LogP contribution in [0.25, 0.3) is 10.4 Å². The van der Waals surface area contributed by atoms with Crippen molar-refractivity contribution in [3.8, 4) is 0 Å². The molecule has 1 saturated carbocycles. The van der Waals surface area contributed by atoms with Gasteiger partial charge in [-0.2, -0.15) is 0 Å². The van der Waals surface area contributed by atoms with E-state index >= 15 is 0 Å². The molecule has 0 radical (unpaired) electrons. The molecule has 1 aliphatic heterocycles. The number of aliphatic hydroxyl groups excluding tert-OH is 1. The molecule has 0 aromatic heterocycles. The van der Waals surface area contributed by atoms with Gasteiger partial charge in [0.05, 0.1) is 18.2 Å². The van der Waals surface area contributed by atoms with Gasteiger partial charge in [-0.15, -0.1) is 0 Å². The number of azide groups is 1. The van der Waals surface area contributed by atoms with Gasteiger partial charge in [0, 0.05) is 16.3 Å². The van der Waals surface area contributed by atoms with E-state index in [0.717, 1.165) is 37.1 Å². The average Bonchev–Trinajstić information content (AvgIpc) is 2.88. The van der Waals surface area contributed by atoms with Gasteiger partial charge in [-0.05, 0) is 54.5 Å². The fourth-order valence-corrected chi connectivity index (χ4v) is 4.08. The fourth-order valence-electron chi connectivity index (χ4n) is 4.08. The lowest BCUT2D eigenvalue weighted by molar-refractivity contribution is 0.148. The number of fused-ring (bicyclic) bond motifs is 2. The van der Waals surface area contributed by atoms with Crippen LogP contribution >= 0.6 is 0 Å². The molecule has 1 aliphatic carbocycles. The summed E-state index contributed by atoms with van der Waals surface area (Å²) in [6.07, 6.45) is 2.86. The number of anilines is 2. The predicted octanol–water partition coefficient (Wildman–Crippen LogP) is 4.13. The fraction of sp³-hybridized carbons (Fsp3) is 0.368. The van der Waals surface area contributed by atoms with Gasteiger partial charge in [0.15, 0.2) is 0 Å². The number of aliphatic hydroxyl groups is 1. The van der Waals surface area contributed by atoms with Crippen LogP contribution in [0.15, 0.2) is 53.6 Å². The lowest BCUT2D eigenvalue weighted by Crippen LogP contribution is -2.40. The molecule has 5 nitrogen and oxygen atoms in total. The third-order valence-corrected chi connectivity index (χ3v) is 5.24. The maximum Gasteiger partial charge on any atom is 0.0832 e. The number of rotatable bonds is 2. The van der Waals surface area contributed by atoms with Crippen LogP contribution in [0.4, 0.5) is 11.4 Å². The molecule has 2 aromatic carbocycles.